The number of anilines is 1. The lowest BCUT2D eigenvalue weighted by molar-refractivity contribution is 0.477. The highest BCUT2D eigenvalue weighted by atomic mass is 19.1. The quantitative estimate of drug-likeness (QED) is 0.534. The molecule has 3 nitrogen and oxygen atoms in total. The molecule has 1 aliphatic heterocycles. The van der Waals surface area contributed by atoms with Gasteiger partial charge in [-0.05, 0) is 41.8 Å². The predicted octanol–water partition coefficient (Wildman–Crippen LogP) is 5.32. The fourth-order valence-electron chi connectivity index (χ4n) is 3.88. The largest absolute Gasteiger partial charge is 0.349 e. The summed E-state index contributed by atoms with van der Waals surface area (Å²) in [5.74, 6) is 0.650. The minimum Gasteiger partial charge on any atom is -0.349 e. The van der Waals surface area contributed by atoms with E-state index in [9.17, 15) is 4.39 Å². The van der Waals surface area contributed by atoms with E-state index in [1.807, 2.05) is 36.4 Å². The normalized spacial score (nSPS) is 19.1. The van der Waals surface area contributed by atoms with Crippen molar-refractivity contribution in [3.8, 4) is 0 Å². The van der Waals surface area contributed by atoms with Crippen LogP contribution in [0.3, 0.4) is 0 Å². The molecule has 0 spiro atoms. The first kappa shape index (κ1) is 15.1. The summed E-state index contributed by atoms with van der Waals surface area (Å²) in [4.78, 5) is 4.80. The van der Waals surface area contributed by atoms with Gasteiger partial charge in [0.2, 0.25) is 5.95 Å². The molecule has 0 radical (unpaired) electrons. The third kappa shape index (κ3) is 2.46. The van der Waals surface area contributed by atoms with Gasteiger partial charge < -0.3 is 9.88 Å². The van der Waals surface area contributed by atoms with E-state index in [1.165, 1.54) is 17.7 Å². The molecule has 2 heterocycles. The van der Waals surface area contributed by atoms with E-state index in [0.717, 1.165) is 29.0 Å². The first-order valence-electron chi connectivity index (χ1n) is 8.83. The summed E-state index contributed by atoms with van der Waals surface area (Å²) >= 11 is 0. The second-order valence-electron chi connectivity index (χ2n) is 6.70. The predicted molar refractivity (Wildman–Crippen MR) is 102 cm³/mol. The first-order chi connectivity index (χ1) is 12.8. The van der Waals surface area contributed by atoms with Crippen LogP contribution >= 0.6 is 0 Å². The van der Waals surface area contributed by atoms with Gasteiger partial charge >= 0.3 is 0 Å². The highest BCUT2D eigenvalue weighted by Gasteiger charge is 2.30. The molecule has 1 aliphatic rings. The number of rotatable bonds is 2. The zero-order valence-corrected chi connectivity index (χ0v) is 14.1. The third-order valence-electron chi connectivity index (χ3n) is 5.13. The average molecular weight is 343 g/mol. The molecule has 2 atom stereocenters. The summed E-state index contributed by atoms with van der Waals surface area (Å²) < 4.78 is 15.6. The Balaban J connectivity index is 1.66. The minimum atomic E-state index is -0.212. The highest BCUT2D eigenvalue weighted by Crippen LogP contribution is 2.40. The van der Waals surface area contributed by atoms with Crippen LogP contribution in [0.25, 0.3) is 11.0 Å². The van der Waals surface area contributed by atoms with Crippen LogP contribution in [0.1, 0.15) is 29.6 Å². The fraction of sp³-hybridized carbons (Fsp3) is 0.136. The van der Waals surface area contributed by atoms with E-state index in [4.69, 9.17) is 4.98 Å². The van der Waals surface area contributed by atoms with Crippen LogP contribution < -0.4 is 5.32 Å². The maximum Gasteiger partial charge on any atom is 0.204 e. The van der Waals surface area contributed by atoms with Gasteiger partial charge in [-0.2, -0.15) is 0 Å². The molecule has 128 valence electrons. The number of hydrogen-bond donors (Lipinski definition) is 1. The van der Waals surface area contributed by atoms with Crippen molar-refractivity contribution in [3.05, 3.63) is 95.8 Å². The summed E-state index contributed by atoms with van der Waals surface area (Å²) in [5, 5.41) is 3.55. The van der Waals surface area contributed by atoms with Gasteiger partial charge in [0.05, 0.1) is 23.1 Å². The van der Waals surface area contributed by atoms with Gasteiger partial charge in [0, 0.05) is 0 Å². The van der Waals surface area contributed by atoms with Crippen molar-refractivity contribution >= 4 is 17.0 Å². The molecule has 4 aromatic rings. The molecule has 0 amide bonds. The van der Waals surface area contributed by atoms with Crippen molar-refractivity contribution in [2.45, 2.75) is 18.5 Å². The molecule has 0 saturated carbocycles. The maximum absolute atomic E-state index is 13.3. The van der Waals surface area contributed by atoms with Gasteiger partial charge in [-0.25, -0.2) is 9.37 Å². The number of fused-ring (bicyclic) bond motifs is 3. The summed E-state index contributed by atoms with van der Waals surface area (Å²) in [5.41, 5.74) is 4.44. The van der Waals surface area contributed by atoms with Crippen molar-refractivity contribution in [3.63, 3.8) is 0 Å². The Morgan fingerprint density at radius 1 is 0.846 bits per heavy atom. The summed E-state index contributed by atoms with van der Waals surface area (Å²) in [7, 11) is 0. The Hall–Kier alpha value is -3.14. The van der Waals surface area contributed by atoms with E-state index in [2.05, 4.69) is 40.2 Å². The van der Waals surface area contributed by atoms with Crippen molar-refractivity contribution in [1.82, 2.24) is 9.55 Å². The number of aromatic nitrogens is 2. The molecule has 0 saturated heterocycles. The Morgan fingerprint density at radius 3 is 2.38 bits per heavy atom. The molecule has 0 aliphatic carbocycles. The van der Waals surface area contributed by atoms with Crippen LogP contribution in [0.2, 0.25) is 0 Å². The SMILES string of the molecule is Fc1ccc([C@@H]2C[C@@H](c3ccccc3)n3c(nc4ccccc43)N2)cc1. The van der Waals surface area contributed by atoms with Crippen molar-refractivity contribution in [1.29, 1.82) is 0 Å². The Labute approximate surface area is 151 Å². The molecule has 1 aromatic heterocycles. The van der Waals surface area contributed by atoms with Crippen LogP contribution in [0, 0.1) is 5.82 Å². The topological polar surface area (TPSA) is 29.9 Å². The average Bonchev–Trinajstić information content (AvgIpc) is 3.07. The van der Waals surface area contributed by atoms with Crippen molar-refractivity contribution in [2.75, 3.05) is 5.32 Å². The van der Waals surface area contributed by atoms with Crippen LogP contribution in [-0.2, 0) is 0 Å². The summed E-state index contributed by atoms with van der Waals surface area (Å²) in [6.45, 7) is 0. The number of nitrogens with one attached hydrogen (secondary N) is 1. The van der Waals surface area contributed by atoms with Gasteiger partial charge in [0.25, 0.3) is 0 Å². The van der Waals surface area contributed by atoms with Crippen LogP contribution in [0.4, 0.5) is 10.3 Å². The minimum absolute atomic E-state index is 0.0881. The number of benzene rings is 3. The zero-order chi connectivity index (χ0) is 17.5. The van der Waals surface area contributed by atoms with Gasteiger partial charge in [-0.3, -0.25) is 0 Å². The third-order valence-corrected chi connectivity index (χ3v) is 5.13. The number of hydrogen-bond acceptors (Lipinski definition) is 2. The smallest absolute Gasteiger partial charge is 0.204 e. The van der Waals surface area contributed by atoms with Crippen LogP contribution in [-0.4, -0.2) is 9.55 Å². The van der Waals surface area contributed by atoms with E-state index in [-0.39, 0.29) is 17.9 Å². The maximum atomic E-state index is 13.3. The van der Waals surface area contributed by atoms with Gasteiger partial charge in [0.15, 0.2) is 0 Å². The van der Waals surface area contributed by atoms with Crippen molar-refractivity contribution < 1.29 is 4.39 Å². The molecule has 1 N–H and O–H groups in total. The second-order valence-corrected chi connectivity index (χ2v) is 6.70. The molecule has 0 fully saturated rings. The molecule has 5 rings (SSSR count). The molecule has 26 heavy (non-hydrogen) atoms. The lowest BCUT2D eigenvalue weighted by Crippen LogP contribution is -2.27. The molecule has 3 aromatic carbocycles. The Kier molecular flexibility index (Phi) is 3.49. The lowest BCUT2D eigenvalue weighted by atomic mass is 9.93. The number of para-hydroxylation sites is 2. The molecular formula is C22H18FN3. The molecule has 4 heteroatoms. The monoisotopic (exact) mass is 343 g/mol. The summed E-state index contributed by atoms with van der Waals surface area (Å²) in [6.07, 6.45) is 0.878. The first-order valence-corrected chi connectivity index (χ1v) is 8.83. The summed E-state index contributed by atoms with van der Waals surface area (Å²) in [6, 6.07) is 25.7. The molecule has 0 unspecified atom stereocenters. The number of imidazole rings is 1. The molecule has 0 bridgehead atoms. The Morgan fingerprint density at radius 2 is 1.58 bits per heavy atom. The van der Waals surface area contributed by atoms with E-state index < -0.39 is 0 Å². The number of halogens is 1. The van der Waals surface area contributed by atoms with Crippen LogP contribution in [0.5, 0.6) is 0 Å². The van der Waals surface area contributed by atoms with Gasteiger partial charge in [-0.15, -0.1) is 0 Å². The Bertz CT molecular complexity index is 1050. The van der Waals surface area contributed by atoms with Gasteiger partial charge in [-0.1, -0.05) is 54.6 Å². The fourth-order valence-corrected chi connectivity index (χ4v) is 3.88. The standard InChI is InChI=1S/C22H18FN3/c23-17-12-10-15(11-13-17)19-14-21(16-6-2-1-3-7-16)26-20-9-5-4-8-18(20)24-22(26)25-19/h1-13,19,21H,14H2,(H,24,25)/t19-,21-/m0/s1. The van der Waals surface area contributed by atoms with Gasteiger partial charge in [0.1, 0.15) is 5.82 Å². The number of nitrogens with zero attached hydrogens (tertiary/aromatic N) is 2. The lowest BCUT2D eigenvalue weighted by Gasteiger charge is -2.33. The molecular weight excluding hydrogens is 325 g/mol. The van der Waals surface area contributed by atoms with Crippen molar-refractivity contribution in [2.24, 2.45) is 0 Å². The van der Waals surface area contributed by atoms with Crippen LogP contribution in [0.15, 0.2) is 78.9 Å². The van der Waals surface area contributed by atoms with E-state index in [0.29, 0.717) is 0 Å². The second kappa shape index (κ2) is 5.99. The van der Waals surface area contributed by atoms with E-state index >= 15 is 0 Å². The van der Waals surface area contributed by atoms with E-state index in [1.54, 1.807) is 0 Å². The highest BCUT2D eigenvalue weighted by molar-refractivity contribution is 5.79. The zero-order valence-electron chi connectivity index (χ0n) is 14.1.